The van der Waals surface area contributed by atoms with Crippen LogP contribution in [-0.4, -0.2) is 30.2 Å². The number of nitrogens with one attached hydrogen (secondary N) is 1. The van der Waals surface area contributed by atoms with E-state index < -0.39 is 6.04 Å². The number of hydrogen-bond donors (Lipinski definition) is 3. The smallest absolute Gasteiger partial charge is 0.237 e. The minimum absolute atomic E-state index is 0.0961. The van der Waals surface area contributed by atoms with Crippen LogP contribution in [0, 0.1) is 11.3 Å². The van der Waals surface area contributed by atoms with E-state index in [0.717, 1.165) is 19.3 Å². The van der Waals surface area contributed by atoms with Crippen LogP contribution in [0.25, 0.3) is 0 Å². The van der Waals surface area contributed by atoms with Gasteiger partial charge in [-0.1, -0.05) is 34.1 Å². The Hall–Kier alpha value is -0.610. The lowest BCUT2D eigenvalue weighted by Gasteiger charge is -2.30. The van der Waals surface area contributed by atoms with Gasteiger partial charge in [0.05, 0.1) is 12.6 Å². The highest BCUT2D eigenvalue weighted by Gasteiger charge is 2.27. The lowest BCUT2D eigenvalue weighted by molar-refractivity contribution is -0.124. The van der Waals surface area contributed by atoms with E-state index in [4.69, 9.17) is 5.73 Å². The van der Waals surface area contributed by atoms with E-state index >= 15 is 0 Å². The average Bonchev–Trinajstić information content (AvgIpc) is 2.38. The highest BCUT2D eigenvalue weighted by Crippen LogP contribution is 2.24. The van der Waals surface area contributed by atoms with Gasteiger partial charge in [0.25, 0.3) is 0 Å². The number of carbonyl (C=O) groups is 1. The predicted molar refractivity (Wildman–Crippen MR) is 70.5 cm³/mol. The summed E-state index contributed by atoms with van der Waals surface area (Å²) in [6.07, 6.45) is 2.58. The van der Waals surface area contributed by atoms with Crippen LogP contribution in [0.1, 0.15) is 47.0 Å². The minimum atomic E-state index is -0.454. The molecular formula is C13H28N2O2. The summed E-state index contributed by atoms with van der Waals surface area (Å²) >= 11 is 0. The lowest BCUT2D eigenvalue weighted by Crippen LogP contribution is -2.48. The first-order chi connectivity index (χ1) is 7.96. The molecule has 17 heavy (non-hydrogen) atoms. The van der Waals surface area contributed by atoms with Gasteiger partial charge in [-0.2, -0.15) is 0 Å². The van der Waals surface area contributed by atoms with Gasteiger partial charge in [0, 0.05) is 12.0 Å². The minimum Gasteiger partial charge on any atom is -0.396 e. The highest BCUT2D eigenvalue weighted by atomic mass is 16.3. The molecule has 4 heteroatoms. The van der Waals surface area contributed by atoms with Gasteiger partial charge in [0.2, 0.25) is 5.91 Å². The molecule has 0 aromatic carbocycles. The SMILES string of the molecule is CC[C@H](C)[C@H](N)C(=O)NCC(CC)(CC)CO. The molecule has 0 aliphatic rings. The molecule has 102 valence electrons. The molecule has 2 atom stereocenters. The number of nitrogens with two attached hydrogens (primary N) is 1. The van der Waals surface area contributed by atoms with E-state index in [9.17, 15) is 9.90 Å². The average molecular weight is 244 g/mol. The largest absolute Gasteiger partial charge is 0.396 e. The van der Waals surface area contributed by atoms with Crippen LogP contribution in [-0.2, 0) is 4.79 Å². The topological polar surface area (TPSA) is 75.4 Å². The first kappa shape index (κ1) is 16.4. The number of hydrogen-bond acceptors (Lipinski definition) is 3. The molecule has 0 rings (SSSR count). The zero-order valence-corrected chi connectivity index (χ0v) is 11.6. The van der Waals surface area contributed by atoms with Crippen molar-refractivity contribution in [2.75, 3.05) is 13.2 Å². The summed E-state index contributed by atoms with van der Waals surface area (Å²) in [5, 5.41) is 12.3. The van der Waals surface area contributed by atoms with Crippen molar-refractivity contribution in [3.63, 3.8) is 0 Å². The molecule has 0 radical (unpaired) electrons. The van der Waals surface area contributed by atoms with E-state index in [1.807, 2.05) is 27.7 Å². The third-order valence-corrected chi connectivity index (χ3v) is 4.03. The summed E-state index contributed by atoms with van der Waals surface area (Å²) in [5.74, 6) is 0.0702. The van der Waals surface area contributed by atoms with Crippen molar-refractivity contribution < 1.29 is 9.90 Å². The molecule has 4 nitrogen and oxygen atoms in total. The molecule has 0 aromatic rings. The Morgan fingerprint density at radius 2 is 1.88 bits per heavy atom. The van der Waals surface area contributed by atoms with Crippen molar-refractivity contribution in [3.8, 4) is 0 Å². The molecule has 0 aromatic heterocycles. The number of carbonyl (C=O) groups excluding carboxylic acids is 1. The summed E-state index contributed by atoms with van der Waals surface area (Å²) in [4.78, 5) is 11.8. The molecule has 0 spiro atoms. The molecule has 1 amide bonds. The second-order valence-electron chi connectivity index (χ2n) is 4.99. The Kier molecular flexibility index (Phi) is 7.39. The lowest BCUT2D eigenvalue weighted by atomic mass is 9.83. The molecule has 0 aliphatic carbocycles. The van der Waals surface area contributed by atoms with Crippen LogP contribution in [0.15, 0.2) is 0 Å². The maximum absolute atomic E-state index is 11.8. The van der Waals surface area contributed by atoms with E-state index in [1.165, 1.54) is 0 Å². The second kappa shape index (κ2) is 7.67. The molecule has 0 bridgehead atoms. The van der Waals surface area contributed by atoms with E-state index in [2.05, 4.69) is 5.32 Å². The zero-order valence-electron chi connectivity index (χ0n) is 11.6. The first-order valence-electron chi connectivity index (χ1n) is 6.60. The van der Waals surface area contributed by atoms with E-state index in [1.54, 1.807) is 0 Å². The molecule has 0 fully saturated rings. The van der Waals surface area contributed by atoms with E-state index in [-0.39, 0.29) is 23.8 Å². The predicted octanol–water partition coefficient (Wildman–Crippen LogP) is 1.27. The summed E-state index contributed by atoms with van der Waals surface area (Å²) in [6, 6.07) is -0.454. The van der Waals surface area contributed by atoms with Gasteiger partial charge >= 0.3 is 0 Å². The highest BCUT2D eigenvalue weighted by molar-refractivity contribution is 5.81. The monoisotopic (exact) mass is 244 g/mol. The summed E-state index contributed by atoms with van der Waals surface area (Å²) in [6.45, 7) is 8.65. The summed E-state index contributed by atoms with van der Waals surface area (Å²) in [7, 11) is 0. The van der Waals surface area contributed by atoms with Crippen LogP contribution < -0.4 is 11.1 Å². The van der Waals surface area contributed by atoms with Gasteiger partial charge in [0.1, 0.15) is 0 Å². The maximum Gasteiger partial charge on any atom is 0.237 e. The molecule has 0 heterocycles. The van der Waals surface area contributed by atoms with Crippen LogP contribution in [0.3, 0.4) is 0 Å². The van der Waals surface area contributed by atoms with Gasteiger partial charge in [-0.15, -0.1) is 0 Å². The first-order valence-corrected chi connectivity index (χ1v) is 6.60. The quantitative estimate of drug-likeness (QED) is 0.602. The molecule has 0 saturated carbocycles. The number of aliphatic hydroxyl groups is 1. The Morgan fingerprint density at radius 1 is 1.35 bits per heavy atom. The fourth-order valence-electron chi connectivity index (χ4n) is 1.68. The Bertz CT molecular complexity index is 219. The van der Waals surface area contributed by atoms with Crippen LogP contribution in [0.5, 0.6) is 0 Å². The molecular weight excluding hydrogens is 216 g/mol. The van der Waals surface area contributed by atoms with E-state index in [0.29, 0.717) is 6.54 Å². The van der Waals surface area contributed by atoms with Crippen LogP contribution in [0.2, 0.25) is 0 Å². The summed E-state index contributed by atoms with van der Waals surface area (Å²) < 4.78 is 0. The third-order valence-electron chi connectivity index (χ3n) is 4.03. The number of amides is 1. The number of aliphatic hydroxyl groups excluding tert-OH is 1. The van der Waals surface area contributed by atoms with Crippen LogP contribution in [0.4, 0.5) is 0 Å². The second-order valence-corrected chi connectivity index (χ2v) is 4.99. The normalized spacial score (nSPS) is 15.4. The van der Waals surface area contributed by atoms with Crippen molar-refractivity contribution in [2.24, 2.45) is 17.1 Å². The Labute approximate surface area is 105 Å². The van der Waals surface area contributed by atoms with Gasteiger partial charge in [-0.3, -0.25) is 4.79 Å². The van der Waals surface area contributed by atoms with Gasteiger partial charge in [-0.05, 0) is 18.8 Å². The molecule has 0 aliphatic heterocycles. The maximum atomic E-state index is 11.8. The standard InChI is InChI=1S/C13H28N2O2/c1-5-10(4)11(14)12(17)15-8-13(6-2,7-3)9-16/h10-11,16H,5-9,14H2,1-4H3,(H,15,17)/t10-,11-/m0/s1. The van der Waals surface area contributed by atoms with Crippen LogP contribution >= 0.6 is 0 Å². The van der Waals surface area contributed by atoms with Gasteiger partial charge in [-0.25, -0.2) is 0 Å². The van der Waals surface area contributed by atoms with Gasteiger partial charge < -0.3 is 16.2 Å². The van der Waals surface area contributed by atoms with Crippen molar-refractivity contribution in [3.05, 3.63) is 0 Å². The van der Waals surface area contributed by atoms with Crippen molar-refractivity contribution in [2.45, 2.75) is 53.0 Å². The molecule has 0 saturated heterocycles. The molecule has 0 unspecified atom stereocenters. The summed E-state index contributed by atoms with van der Waals surface area (Å²) in [5.41, 5.74) is 5.65. The Balaban J connectivity index is 4.31. The fourth-order valence-corrected chi connectivity index (χ4v) is 1.68. The number of rotatable bonds is 8. The van der Waals surface area contributed by atoms with Crippen molar-refractivity contribution in [1.29, 1.82) is 0 Å². The van der Waals surface area contributed by atoms with Crippen molar-refractivity contribution in [1.82, 2.24) is 5.32 Å². The van der Waals surface area contributed by atoms with Gasteiger partial charge in [0.15, 0.2) is 0 Å². The Morgan fingerprint density at radius 3 is 2.24 bits per heavy atom. The zero-order chi connectivity index (χ0) is 13.5. The molecule has 4 N–H and O–H groups in total. The van der Waals surface area contributed by atoms with Crippen molar-refractivity contribution >= 4 is 5.91 Å². The fraction of sp³-hybridized carbons (Fsp3) is 0.923. The third kappa shape index (κ3) is 4.64.